The van der Waals surface area contributed by atoms with E-state index in [1.54, 1.807) is 6.92 Å². The molecule has 0 aromatic heterocycles. The topological polar surface area (TPSA) is 46.2 Å². The third-order valence-electron chi connectivity index (χ3n) is 5.40. The van der Waals surface area contributed by atoms with Crippen molar-refractivity contribution in [2.45, 2.75) is 52.4 Å². The van der Waals surface area contributed by atoms with Crippen LogP contribution in [0.4, 0.5) is 0 Å². The normalized spacial score (nSPS) is 34.0. The highest BCUT2D eigenvalue weighted by Crippen LogP contribution is 2.57. The molecule has 0 radical (unpaired) electrons. The maximum atomic E-state index is 11.6. The number of hydrogen-bond acceptors (Lipinski definition) is 3. The van der Waals surface area contributed by atoms with Gasteiger partial charge >= 0.3 is 0 Å². The third kappa shape index (κ3) is 3.52. The Morgan fingerprint density at radius 2 is 2.05 bits per heavy atom. The van der Waals surface area contributed by atoms with Crippen molar-refractivity contribution in [2.75, 3.05) is 24.6 Å². The lowest BCUT2D eigenvalue weighted by Crippen LogP contribution is -2.39. The van der Waals surface area contributed by atoms with Crippen molar-refractivity contribution in [1.29, 1.82) is 0 Å². The van der Waals surface area contributed by atoms with Gasteiger partial charge in [-0.2, -0.15) is 0 Å². The second-order valence-electron chi connectivity index (χ2n) is 6.56. The summed E-state index contributed by atoms with van der Waals surface area (Å²) in [5, 5.41) is 3.53. The predicted octanol–water partition coefficient (Wildman–Crippen LogP) is 2.62. The minimum atomic E-state index is -2.79. The van der Waals surface area contributed by atoms with E-state index in [4.69, 9.17) is 0 Å². The van der Waals surface area contributed by atoms with Crippen LogP contribution in [0.25, 0.3) is 0 Å². The van der Waals surface area contributed by atoms with Crippen LogP contribution < -0.4 is 5.32 Å². The van der Waals surface area contributed by atoms with Crippen molar-refractivity contribution in [3.8, 4) is 0 Å². The van der Waals surface area contributed by atoms with E-state index < -0.39 is 9.84 Å². The molecule has 2 aliphatic rings. The van der Waals surface area contributed by atoms with Crippen LogP contribution in [0.1, 0.15) is 52.4 Å². The molecule has 0 saturated heterocycles. The van der Waals surface area contributed by atoms with Crippen LogP contribution >= 0.6 is 0 Å². The van der Waals surface area contributed by atoms with Crippen LogP contribution in [0.3, 0.4) is 0 Å². The Hall–Kier alpha value is -0.0900. The van der Waals surface area contributed by atoms with E-state index in [-0.39, 0.29) is 0 Å². The van der Waals surface area contributed by atoms with Crippen molar-refractivity contribution >= 4 is 9.84 Å². The number of nitrogens with one attached hydrogen (secondary N) is 1. The first-order valence-corrected chi connectivity index (χ1v) is 9.74. The molecule has 3 nitrogen and oxygen atoms in total. The quantitative estimate of drug-likeness (QED) is 0.746. The standard InChI is InChI=1S/C15H29NO2S/c1-3-16-12-15(8-5-9-19(17,18)4-2)11-13-6-7-14(15)10-13/h13-14,16H,3-12H2,1-2H3. The molecule has 0 aliphatic heterocycles. The summed E-state index contributed by atoms with van der Waals surface area (Å²) in [4.78, 5) is 0. The van der Waals surface area contributed by atoms with Gasteiger partial charge in [0.2, 0.25) is 0 Å². The predicted molar refractivity (Wildman–Crippen MR) is 80.0 cm³/mol. The Kier molecular flexibility index (Phi) is 4.93. The van der Waals surface area contributed by atoms with Crippen LogP contribution in [0.2, 0.25) is 0 Å². The smallest absolute Gasteiger partial charge is 0.150 e. The number of fused-ring (bicyclic) bond motifs is 2. The summed E-state index contributed by atoms with van der Waals surface area (Å²) in [7, 11) is -2.79. The number of hydrogen-bond donors (Lipinski definition) is 1. The minimum absolute atomic E-state index is 0.291. The number of sulfone groups is 1. The van der Waals surface area contributed by atoms with E-state index in [1.807, 2.05) is 0 Å². The molecule has 2 saturated carbocycles. The largest absolute Gasteiger partial charge is 0.316 e. The molecule has 19 heavy (non-hydrogen) atoms. The van der Waals surface area contributed by atoms with Gasteiger partial charge in [0.25, 0.3) is 0 Å². The maximum Gasteiger partial charge on any atom is 0.150 e. The van der Waals surface area contributed by atoms with E-state index >= 15 is 0 Å². The average molecular weight is 287 g/mol. The molecule has 2 aliphatic carbocycles. The summed E-state index contributed by atoms with van der Waals surface area (Å²) in [5.74, 6) is 2.45. The first kappa shape index (κ1) is 15.3. The van der Waals surface area contributed by atoms with Crippen LogP contribution in [-0.2, 0) is 9.84 Å². The molecular weight excluding hydrogens is 258 g/mol. The van der Waals surface area contributed by atoms with E-state index in [9.17, 15) is 8.42 Å². The summed E-state index contributed by atoms with van der Waals surface area (Å²) < 4.78 is 23.3. The molecule has 4 heteroatoms. The minimum Gasteiger partial charge on any atom is -0.316 e. The van der Waals surface area contributed by atoms with Gasteiger partial charge in [-0.05, 0) is 55.9 Å². The molecule has 0 spiro atoms. The fourth-order valence-corrected chi connectivity index (χ4v) is 5.20. The lowest BCUT2D eigenvalue weighted by atomic mass is 9.70. The lowest BCUT2D eigenvalue weighted by Gasteiger charge is -2.38. The van der Waals surface area contributed by atoms with Gasteiger partial charge in [-0.15, -0.1) is 0 Å². The fourth-order valence-electron chi connectivity index (χ4n) is 4.33. The molecule has 0 amide bonds. The van der Waals surface area contributed by atoms with Crippen molar-refractivity contribution in [1.82, 2.24) is 5.32 Å². The first-order valence-electron chi connectivity index (χ1n) is 7.92. The summed E-state index contributed by atoms with van der Waals surface area (Å²) in [6.45, 7) is 6.02. The molecule has 0 heterocycles. The highest BCUT2D eigenvalue weighted by atomic mass is 32.2. The van der Waals surface area contributed by atoms with Crippen LogP contribution in [0, 0.1) is 17.3 Å². The van der Waals surface area contributed by atoms with Crippen molar-refractivity contribution in [3.63, 3.8) is 0 Å². The van der Waals surface area contributed by atoms with Gasteiger partial charge in [-0.3, -0.25) is 0 Å². The zero-order chi connectivity index (χ0) is 13.9. The van der Waals surface area contributed by atoms with Crippen LogP contribution in [0.5, 0.6) is 0 Å². The first-order chi connectivity index (χ1) is 9.01. The molecule has 1 N–H and O–H groups in total. The summed E-state index contributed by atoms with van der Waals surface area (Å²) in [6, 6.07) is 0. The molecule has 0 aromatic rings. The summed E-state index contributed by atoms with van der Waals surface area (Å²) >= 11 is 0. The summed E-state index contributed by atoms with van der Waals surface area (Å²) in [6.07, 6.45) is 7.45. The van der Waals surface area contributed by atoms with E-state index in [0.717, 1.165) is 37.8 Å². The average Bonchev–Trinajstić information content (AvgIpc) is 2.97. The molecule has 2 bridgehead atoms. The molecule has 2 fully saturated rings. The molecule has 3 atom stereocenters. The van der Waals surface area contributed by atoms with Crippen molar-refractivity contribution in [2.24, 2.45) is 17.3 Å². The van der Waals surface area contributed by atoms with Crippen molar-refractivity contribution < 1.29 is 8.42 Å². The van der Waals surface area contributed by atoms with Gasteiger partial charge in [0, 0.05) is 12.3 Å². The Balaban J connectivity index is 1.92. The highest BCUT2D eigenvalue weighted by molar-refractivity contribution is 7.91. The lowest BCUT2D eigenvalue weighted by molar-refractivity contribution is 0.143. The van der Waals surface area contributed by atoms with Gasteiger partial charge < -0.3 is 5.32 Å². The Morgan fingerprint density at radius 1 is 1.26 bits per heavy atom. The van der Waals surface area contributed by atoms with Crippen molar-refractivity contribution in [3.05, 3.63) is 0 Å². The highest BCUT2D eigenvalue weighted by Gasteiger charge is 2.49. The van der Waals surface area contributed by atoms with Gasteiger partial charge in [0.05, 0.1) is 5.75 Å². The zero-order valence-electron chi connectivity index (χ0n) is 12.5. The molecular formula is C15H29NO2S. The maximum absolute atomic E-state index is 11.6. The number of rotatable bonds is 8. The fraction of sp³-hybridized carbons (Fsp3) is 1.00. The van der Waals surface area contributed by atoms with Gasteiger partial charge in [0.15, 0.2) is 0 Å². The van der Waals surface area contributed by atoms with E-state index in [0.29, 0.717) is 16.9 Å². The van der Waals surface area contributed by atoms with Crippen LogP contribution in [0.15, 0.2) is 0 Å². The van der Waals surface area contributed by atoms with Crippen LogP contribution in [-0.4, -0.2) is 33.0 Å². The molecule has 2 rings (SSSR count). The monoisotopic (exact) mass is 287 g/mol. The Labute approximate surface area is 118 Å². The van der Waals surface area contributed by atoms with E-state index in [1.165, 1.54) is 25.7 Å². The molecule has 0 aromatic carbocycles. The second-order valence-corrected chi connectivity index (χ2v) is 9.04. The summed E-state index contributed by atoms with van der Waals surface area (Å²) in [5.41, 5.74) is 0.405. The SMILES string of the molecule is CCNCC1(CCCS(=O)(=O)CC)CC2CCC1C2. The van der Waals surface area contributed by atoms with Gasteiger partial charge in [-0.1, -0.05) is 20.3 Å². The molecule has 3 unspecified atom stereocenters. The molecule has 112 valence electrons. The van der Waals surface area contributed by atoms with Gasteiger partial charge in [-0.25, -0.2) is 8.42 Å². The van der Waals surface area contributed by atoms with Gasteiger partial charge in [0.1, 0.15) is 9.84 Å². The Morgan fingerprint density at radius 3 is 2.58 bits per heavy atom. The van der Waals surface area contributed by atoms with E-state index in [2.05, 4.69) is 12.2 Å². The Bertz CT molecular complexity index is 393. The zero-order valence-corrected chi connectivity index (χ0v) is 13.3. The second kappa shape index (κ2) is 6.13. The third-order valence-corrected chi connectivity index (χ3v) is 7.19.